The van der Waals surface area contributed by atoms with E-state index >= 15 is 0 Å². The molecule has 0 aliphatic rings. The summed E-state index contributed by atoms with van der Waals surface area (Å²) in [4.78, 5) is 8.61. The Labute approximate surface area is 111 Å². The van der Waals surface area contributed by atoms with Gasteiger partial charge in [0.2, 0.25) is 5.88 Å². The number of hydrogen-bond acceptors (Lipinski definition) is 4. The average molecular weight is 264 g/mol. The van der Waals surface area contributed by atoms with E-state index in [4.69, 9.17) is 22.1 Å². The maximum Gasteiger partial charge on any atom is 0.222 e. The molecule has 0 bridgehead atoms. The fourth-order valence-corrected chi connectivity index (χ4v) is 1.86. The van der Waals surface area contributed by atoms with E-state index in [0.717, 1.165) is 5.56 Å². The van der Waals surface area contributed by atoms with E-state index < -0.39 is 0 Å². The average Bonchev–Trinajstić information content (AvgIpc) is 2.36. The van der Waals surface area contributed by atoms with E-state index in [2.05, 4.69) is 9.97 Å². The molecule has 0 aliphatic heterocycles. The van der Waals surface area contributed by atoms with Gasteiger partial charge < -0.3 is 10.5 Å². The summed E-state index contributed by atoms with van der Waals surface area (Å²) in [6.45, 7) is 4.28. The number of aromatic nitrogens is 2. The first kappa shape index (κ1) is 12.6. The van der Waals surface area contributed by atoms with Gasteiger partial charge in [-0.1, -0.05) is 11.6 Å². The molecule has 0 radical (unpaired) electrons. The van der Waals surface area contributed by atoms with Gasteiger partial charge in [0.05, 0.1) is 34.3 Å². The van der Waals surface area contributed by atoms with Crippen molar-refractivity contribution in [1.29, 1.82) is 0 Å². The van der Waals surface area contributed by atoms with Crippen molar-refractivity contribution in [3.63, 3.8) is 0 Å². The highest BCUT2D eigenvalue weighted by atomic mass is 35.5. The van der Waals surface area contributed by atoms with Crippen molar-refractivity contribution >= 4 is 17.3 Å². The van der Waals surface area contributed by atoms with E-state index in [1.54, 1.807) is 12.3 Å². The molecule has 0 atom stereocenters. The zero-order chi connectivity index (χ0) is 13.1. The number of hydrogen-bond donors (Lipinski definition) is 1. The minimum atomic E-state index is 0.490. The monoisotopic (exact) mass is 263 g/mol. The van der Waals surface area contributed by atoms with Crippen LogP contribution in [0.1, 0.15) is 12.6 Å². The van der Waals surface area contributed by atoms with Crippen molar-refractivity contribution < 1.29 is 4.74 Å². The molecule has 0 aromatic carbocycles. The summed E-state index contributed by atoms with van der Waals surface area (Å²) in [5.41, 5.74) is 8.51. The van der Waals surface area contributed by atoms with E-state index in [1.165, 1.54) is 0 Å². The molecule has 0 saturated heterocycles. The van der Waals surface area contributed by atoms with Gasteiger partial charge in [0, 0.05) is 6.20 Å². The number of aryl methyl sites for hydroxylation is 1. The first-order valence-corrected chi connectivity index (χ1v) is 6.02. The Kier molecular flexibility index (Phi) is 3.67. The Hall–Kier alpha value is -1.81. The number of anilines is 1. The number of nitrogen functional groups attached to an aromatic ring is 1. The maximum atomic E-state index is 6.07. The van der Waals surface area contributed by atoms with Gasteiger partial charge >= 0.3 is 0 Å². The largest absolute Gasteiger partial charge is 0.477 e. The predicted molar refractivity (Wildman–Crippen MR) is 72.8 cm³/mol. The van der Waals surface area contributed by atoms with Gasteiger partial charge in [0.1, 0.15) is 0 Å². The molecule has 2 N–H and O–H groups in total. The molecule has 4 nitrogen and oxygen atoms in total. The molecule has 2 heterocycles. The Morgan fingerprint density at radius 2 is 2.22 bits per heavy atom. The molecule has 2 aromatic rings. The van der Waals surface area contributed by atoms with Gasteiger partial charge in [-0.15, -0.1) is 0 Å². The summed E-state index contributed by atoms with van der Waals surface area (Å²) >= 11 is 6.07. The molecule has 0 aliphatic carbocycles. The van der Waals surface area contributed by atoms with Crippen LogP contribution >= 0.6 is 11.6 Å². The van der Waals surface area contributed by atoms with Crippen LogP contribution in [-0.2, 0) is 0 Å². The lowest BCUT2D eigenvalue weighted by Gasteiger charge is -2.10. The van der Waals surface area contributed by atoms with Crippen LogP contribution in [0.2, 0.25) is 5.02 Å². The Bertz CT molecular complexity index is 549. The summed E-state index contributed by atoms with van der Waals surface area (Å²) in [7, 11) is 0. The van der Waals surface area contributed by atoms with E-state index in [-0.39, 0.29) is 0 Å². The SMILES string of the molecule is CCOc1ncccc1-c1cc(Cl)c(N)c(C)n1. The van der Waals surface area contributed by atoms with Crippen LogP contribution in [0, 0.1) is 6.92 Å². The van der Waals surface area contributed by atoms with Gasteiger partial charge in [-0.05, 0) is 32.0 Å². The number of ether oxygens (including phenoxy) is 1. The van der Waals surface area contributed by atoms with E-state index in [9.17, 15) is 0 Å². The summed E-state index contributed by atoms with van der Waals surface area (Å²) in [5.74, 6) is 0.549. The molecule has 18 heavy (non-hydrogen) atoms. The van der Waals surface area contributed by atoms with Gasteiger partial charge in [-0.25, -0.2) is 4.98 Å². The number of halogens is 1. The zero-order valence-corrected chi connectivity index (χ0v) is 11.0. The van der Waals surface area contributed by atoms with Crippen molar-refractivity contribution in [1.82, 2.24) is 9.97 Å². The third-order valence-corrected chi connectivity index (χ3v) is 2.84. The number of nitrogens with two attached hydrogens (primary N) is 1. The van der Waals surface area contributed by atoms with Crippen molar-refractivity contribution in [2.75, 3.05) is 12.3 Å². The molecule has 0 fully saturated rings. The van der Waals surface area contributed by atoms with Gasteiger partial charge in [-0.2, -0.15) is 0 Å². The first-order valence-electron chi connectivity index (χ1n) is 5.64. The minimum Gasteiger partial charge on any atom is -0.477 e. The quantitative estimate of drug-likeness (QED) is 0.924. The summed E-state index contributed by atoms with van der Waals surface area (Å²) in [5, 5.41) is 0.490. The van der Waals surface area contributed by atoms with Crippen LogP contribution in [0.4, 0.5) is 5.69 Å². The van der Waals surface area contributed by atoms with Crippen molar-refractivity contribution in [2.24, 2.45) is 0 Å². The lowest BCUT2D eigenvalue weighted by atomic mass is 10.1. The number of rotatable bonds is 3. The topological polar surface area (TPSA) is 61.0 Å². The van der Waals surface area contributed by atoms with Gasteiger partial charge in [0.25, 0.3) is 0 Å². The van der Waals surface area contributed by atoms with Crippen molar-refractivity contribution in [3.05, 3.63) is 35.1 Å². The molecule has 5 heteroatoms. The molecule has 0 spiro atoms. The normalized spacial score (nSPS) is 10.4. The highest BCUT2D eigenvalue weighted by Crippen LogP contribution is 2.31. The zero-order valence-electron chi connectivity index (χ0n) is 10.3. The minimum absolute atomic E-state index is 0.490. The Morgan fingerprint density at radius 1 is 1.44 bits per heavy atom. The Balaban J connectivity index is 2.55. The van der Waals surface area contributed by atoms with Crippen LogP contribution in [0.15, 0.2) is 24.4 Å². The maximum absolute atomic E-state index is 6.07. The second-order valence-electron chi connectivity index (χ2n) is 3.78. The molecule has 2 aromatic heterocycles. The van der Waals surface area contributed by atoms with Crippen LogP contribution in [-0.4, -0.2) is 16.6 Å². The molecular formula is C13H14ClN3O. The summed E-state index contributed by atoms with van der Waals surface area (Å²) in [6, 6.07) is 5.45. The number of pyridine rings is 2. The lowest BCUT2D eigenvalue weighted by molar-refractivity contribution is 0.328. The molecule has 2 rings (SSSR count). The predicted octanol–water partition coefficient (Wildman–Crippen LogP) is 3.09. The third-order valence-electron chi connectivity index (χ3n) is 2.53. The third kappa shape index (κ3) is 2.38. The first-order chi connectivity index (χ1) is 8.63. The smallest absolute Gasteiger partial charge is 0.222 e. The highest BCUT2D eigenvalue weighted by Gasteiger charge is 2.11. The van der Waals surface area contributed by atoms with Crippen LogP contribution in [0.3, 0.4) is 0 Å². The molecule has 0 amide bonds. The van der Waals surface area contributed by atoms with Crippen molar-refractivity contribution in [3.8, 4) is 17.1 Å². The molecule has 0 unspecified atom stereocenters. The van der Waals surface area contributed by atoms with E-state index in [1.807, 2.05) is 26.0 Å². The fraction of sp³-hybridized carbons (Fsp3) is 0.231. The van der Waals surface area contributed by atoms with E-state index in [0.29, 0.717) is 34.6 Å². The molecule has 94 valence electrons. The van der Waals surface area contributed by atoms with Crippen molar-refractivity contribution in [2.45, 2.75) is 13.8 Å². The second-order valence-corrected chi connectivity index (χ2v) is 4.18. The Morgan fingerprint density at radius 3 is 2.89 bits per heavy atom. The van der Waals surface area contributed by atoms with Gasteiger partial charge in [0.15, 0.2) is 0 Å². The molecular weight excluding hydrogens is 250 g/mol. The van der Waals surface area contributed by atoms with Crippen LogP contribution < -0.4 is 10.5 Å². The fourth-order valence-electron chi connectivity index (χ4n) is 1.62. The summed E-state index contributed by atoms with van der Waals surface area (Å²) in [6.07, 6.45) is 1.68. The van der Waals surface area contributed by atoms with Crippen LogP contribution in [0.5, 0.6) is 5.88 Å². The standard InChI is InChI=1S/C13H14ClN3O/c1-3-18-13-9(5-4-6-16-13)11-7-10(14)12(15)8(2)17-11/h4-7H,3,15H2,1-2H3. The highest BCUT2D eigenvalue weighted by molar-refractivity contribution is 6.33. The molecule has 0 saturated carbocycles. The lowest BCUT2D eigenvalue weighted by Crippen LogP contribution is -2.00. The second kappa shape index (κ2) is 5.23. The number of nitrogens with zero attached hydrogens (tertiary/aromatic N) is 2. The van der Waals surface area contributed by atoms with Gasteiger partial charge in [-0.3, -0.25) is 4.98 Å². The summed E-state index contributed by atoms with van der Waals surface area (Å²) < 4.78 is 5.48. The van der Waals surface area contributed by atoms with Crippen LogP contribution in [0.25, 0.3) is 11.3 Å².